The molecule has 2 saturated carbocycles. The van der Waals surface area contributed by atoms with Crippen LogP contribution in [0.3, 0.4) is 0 Å². The Hall–Kier alpha value is -3.62. The number of likely N-dealkylation sites (tertiary alicyclic amines) is 1. The van der Waals surface area contributed by atoms with E-state index in [2.05, 4.69) is 10.1 Å². The summed E-state index contributed by atoms with van der Waals surface area (Å²) in [6.45, 7) is 1.71. The third-order valence-corrected chi connectivity index (χ3v) is 7.75. The highest BCUT2D eigenvalue weighted by molar-refractivity contribution is 6.04. The minimum absolute atomic E-state index is 0.0508. The van der Waals surface area contributed by atoms with Gasteiger partial charge in [0.25, 0.3) is 5.91 Å². The molecule has 3 fully saturated rings. The van der Waals surface area contributed by atoms with Crippen molar-refractivity contribution < 1.29 is 18.8 Å². The Morgan fingerprint density at radius 3 is 2.74 bits per heavy atom. The van der Waals surface area contributed by atoms with Crippen molar-refractivity contribution in [2.75, 3.05) is 0 Å². The number of nitrogens with two attached hydrogens (primary N) is 1. The number of hydrogen-bond donors (Lipinski definition) is 1. The first-order valence-corrected chi connectivity index (χ1v) is 12.0. The molecule has 2 aromatic heterocycles. The molecule has 3 heterocycles. The van der Waals surface area contributed by atoms with Gasteiger partial charge in [-0.1, -0.05) is 18.2 Å². The van der Waals surface area contributed by atoms with Crippen LogP contribution < -0.4 is 5.73 Å². The lowest BCUT2D eigenvalue weighted by atomic mass is 10.00. The van der Waals surface area contributed by atoms with E-state index in [-0.39, 0.29) is 47.6 Å². The van der Waals surface area contributed by atoms with Gasteiger partial charge in [-0.2, -0.15) is 5.10 Å². The lowest BCUT2D eigenvalue weighted by Crippen LogP contribution is -2.44. The zero-order chi connectivity index (χ0) is 24.4. The number of hydrogen-bond acceptors (Lipinski definition) is 5. The minimum atomic E-state index is -0.669. The van der Waals surface area contributed by atoms with Gasteiger partial charge in [0, 0.05) is 23.5 Å². The average Bonchev–Trinajstić information content (AvgIpc) is 3.69. The first-order chi connectivity index (χ1) is 16.8. The number of fused-ring (bicyclic) bond motifs is 2. The summed E-state index contributed by atoms with van der Waals surface area (Å²) in [5.41, 5.74) is 7.54. The summed E-state index contributed by atoms with van der Waals surface area (Å²) in [6, 6.07) is 8.08. The zero-order valence-corrected chi connectivity index (χ0v) is 19.4. The van der Waals surface area contributed by atoms with Gasteiger partial charge in [0.2, 0.25) is 5.91 Å². The number of nitrogens with zero attached hydrogens (tertiary/aromatic N) is 4. The molecule has 1 saturated heterocycles. The Morgan fingerprint density at radius 2 is 1.97 bits per heavy atom. The highest BCUT2D eigenvalue weighted by Gasteiger charge is 2.56. The summed E-state index contributed by atoms with van der Waals surface area (Å²) in [7, 11) is 0. The number of amides is 2. The molecule has 2 aliphatic carbocycles. The SMILES string of the molecule is Cc1cc2c(C(N)=O)nn(CC(=O)N3[C@@H]4C[C@@H]4C[C@H]3C(=O)C[C@@H]3C[C@H]3c3ccccc3F)c2cn1. The fourth-order valence-corrected chi connectivity index (χ4v) is 5.82. The summed E-state index contributed by atoms with van der Waals surface area (Å²) < 4.78 is 15.6. The molecule has 1 aliphatic heterocycles. The van der Waals surface area contributed by atoms with E-state index in [4.69, 9.17) is 5.73 Å². The lowest BCUT2D eigenvalue weighted by Gasteiger charge is -2.27. The number of aromatic nitrogens is 3. The van der Waals surface area contributed by atoms with E-state index in [1.165, 1.54) is 10.7 Å². The smallest absolute Gasteiger partial charge is 0.269 e. The third kappa shape index (κ3) is 3.79. The van der Waals surface area contributed by atoms with Crippen molar-refractivity contribution >= 4 is 28.5 Å². The molecule has 0 unspecified atom stereocenters. The molecule has 9 heteroatoms. The monoisotopic (exact) mass is 475 g/mol. The number of Topliss-reactive ketones (excluding diaryl/α,β-unsaturated/α-hetero) is 1. The van der Waals surface area contributed by atoms with E-state index in [1.807, 2.05) is 6.07 Å². The molecule has 0 spiro atoms. The van der Waals surface area contributed by atoms with Gasteiger partial charge in [-0.25, -0.2) is 4.39 Å². The third-order valence-electron chi connectivity index (χ3n) is 7.75. The van der Waals surface area contributed by atoms with Crippen LogP contribution in [0.1, 0.15) is 53.3 Å². The highest BCUT2D eigenvalue weighted by atomic mass is 19.1. The number of carbonyl (C=O) groups excluding carboxylic acids is 3. The maximum atomic E-state index is 14.1. The van der Waals surface area contributed by atoms with Gasteiger partial charge in [-0.05, 0) is 61.6 Å². The van der Waals surface area contributed by atoms with Gasteiger partial charge >= 0.3 is 0 Å². The highest BCUT2D eigenvalue weighted by Crippen LogP contribution is 2.53. The second kappa shape index (κ2) is 7.96. The summed E-state index contributed by atoms with van der Waals surface area (Å²) in [4.78, 5) is 44.6. The molecule has 3 aromatic rings. The molecule has 180 valence electrons. The summed E-state index contributed by atoms with van der Waals surface area (Å²) >= 11 is 0. The second-order valence-electron chi connectivity index (χ2n) is 10.1. The molecular weight excluding hydrogens is 449 g/mol. The number of halogens is 1. The van der Waals surface area contributed by atoms with E-state index in [9.17, 15) is 18.8 Å². The largest absolute Gasteiger partial charge is 0.364 e. The Labute approximate surface area is 201 Å². The van der Waals surface area contributed by atoms with Crippen LogP contribution in [0.5, 0.6) is 0 Å². The number of rotatable bonds is 7. The fourth-order valence-electron chi connectivity index (χ4n) is 5.82. The van der Waals surface area contributed by atoms with Gasteiger partial charge in [0.05, 0.1) is 17.8 Å². The molecule has 2 N–H and O–H groups in total. The maximum Gasteiger partial charge on any atom is 0.269 e. The Kier molecular flexibility index (Phi) is 4.98. The van der Waals surface area contributed by atoms with E-state index in [0.29, 0.717) is 40.9 Å². The van der Waals surface area contributed by atoms with Crippen molar-refractivity contribution in [3.8, 4) is 0 Å². The van der Waals surface area contributed by atoms with Crippen LogP contribution in [0.2, 0.25) is 0 Å². The topological polar surface area (TPSA) is 111 Å². The summed E-state index contributed by atoms with van der Waals surface area (Å²) in [5, 5.41) is 4.85. The molecule has 0 radical (unpaired) electrons. The number of piperidine rings is 1. The number of pyridine rings is 1. The van der Waals surface area contributed by atoms with Gasteiger partial charge in [0.15, 0.2) is 11.5 Å². The quantitative estimate of drug-likeness (QED) is 0.565. The van der Waals surface area contributed by atoms with Crippen LogP contribution in [0.4, 0.5) is 4.39 Å². The predicted molar refractivity (Wildman–Crippen MR) is 125 cm³/mol. The van der Waals surface area contributed by atoms with Gasteiger partial charge in [-0.3, -0.25) is 24.0 Å². The lowest BCUT2D eigenvalue weighted by molar-refractivity contribution is -0.139. The summed E-state index contributed by atoms with van der Waals surface area (Å²) in [6.07, 6.45) is 4.32. The van der Waals surface area contributed by atoms with E-state index >= 15 is 0 Å². The summed E-state index contributed by atoms with van der Waals surface area (Å²) in [5.74, 6) is -0.496. The van der Waals surface area contributed by atoms with Gasteiger partial charge in [-0.15, -0.1) is 0 Å². The van der Waals surface area contributed by atoms with Gasteiger partial charge in [0.1, 0.15) is 12.4 Å². The van der Waals surface area contributed by atoms with Crippen LogP contribution in [0.25, 0.3) is 10.9 Å². The molecule has 5 atom stereocenters. The first kappa shape index (κ1) is 21.9. The minimum Gasteiger partial charge on any atom is -0.364 e. The number of aryl methyl sites for hydroxylation is 1. The molecule has 8 nitrogen and oxygen atoms in total. The van der Waals surface area contributed by atoms with Crippen molar-refractivity contribution in [1.29, 1.82) is 0 Å². The molecule has 6 rings (SSSR count). The molecule has 2 amide bonds. The predicted octanol–water partition coefficient (Wildman–Crippen LogP) is 2.73. The first-order valence-electron chi connectivity index (χ1n) is 12.0. The van der Waals surface area contributed by atoms with Crippen LogP contribution in [-0.2, 0) is 16.1 Å². The maximum absolute atomic E-state index is 14.1. The van der Waals surface area contributed by atoms with Crippen molar-refractivity contribution in [3.05, 3.63) is 59.3 Å². The number of ketones is 1. The van der Waals surface area contributed by atoms with Crippen molar-refractivity contribution in [2.24, 2.45) is 17.6 Å². The Morgan fingerprint density at radius 1 is 1.17 bits per heavy atom. The number of primary amides is 1. The zero-order valence-electron chi connectivity index (χ0n) is 19.4. The fraction of sp³-hybridized carbons (Fsp3) is 0.423. The molecule has 35 heavy (non-hydrogen) atoms. The van der Waals surface area contributed by atoms with Crippen LogP contribution in [0, 0.1) is 24.6 Å². The second-order valence-corrected chi connectivity index (χ2v) is 10.1. The van der Waals surface area contributed by atoms with Crippen LogP contribution in [0.15, 0.2) is 36.5 Å². The van der Waals surface area contributed by atoms with Crippen molar-refractivity contribution in [2.45, 2.75) is 57.2 Å². The number of carbonyl (C=O) groups is 3. The number of benzene rings is 1. The standard InChI is InChI=1S/C26H26FN5O3/c1-13-6-18-22(11-29-13)31(30-25(18)26(28)35)12-24(34)32-20-8-15(20)9-21(32)23(33)10-14-7-17(14)16-4-2-3-5-19(16)27/h2-6,11,14-15,17,20-21H,7-10,12H2,1H3,(H2,28,35)/t14-,15+,17+,20+,21-/m0/s1. The van der Waals surface area contributed by atoms with Crippen LogP contribution >= 0.6 is 0 Å². The van der Waals surface area contributed by atoms with E-state index < -0.39 is 11.9 Å². The molecule has 3 aliphatic rings. The van der Waals surface area contributed by atoms with Crippen molar-refractivity contribution in [3.63, 3.8) is 0 Å². The van der Waals surface area contributed by atoms with Gasteiger partial charge < -0.3 is 10.6 Å². The molecular formula is C26H26FN5O3. The van der Waals surface area contributed by atoms with Crippen molar-refractivity contribution in [1.82, 2.24) is 19.7 Å². The Bertz CT molecular complexity index is 1380. The Balaban J connectivity index is 1.18. The average molecular weight is 476 g/mol. The van der Waals surface area contributed by atoms with Crippen LogP contribution in [-0.4, -0.2) is 49.3 Å². The van der Waals surface area contributed by atoms with E-state index in [0.717, 1.165) is 12.8 Å². The normalized spacial score (nSPS) is 26.6. The molecule has 0 bridgehead atoms. The molecule has 1 aromatic carbocycles. The van der Waals surface area contributed by atoms with E-state index in [1.54, 1.807) is 36.2 Å².